The summed E-state index contributed by atoms with van der Waals surface area (Å²) >= 11 is 0. The molecule has 2 heteroatoms. The van der Waals surface area contributed by atoms with Crippen molar-refractivity contribution in [2.24, 2.45) is 0 Å². The molecule has 0 amide bonds. The summed E-state index contributed by atoms with van der Waals surface area (Å²) in [6.07, 6.45) is 0.0646. The molecule has 0 saturated heterocycles. The van der Waals surface area contributed by atoms with Gasteiger partial charge in [0.05, 0.1) is 0 Å². The molecule has 0 aromatic heterocycles. The maximum Gasteiger partial charge on any atom is 0.114 e. The minimum Gasteiger partial charge on any atom is -0.380 e. The Labute approximate surface area is 61.9 Å². The molecule has 2 atom stereocenters. The van der Waals surface area contributed by atoms with Crippen molar-refractivity contribution in [3.8, 4) is 11.8 Å². The molecule has 0 bridgehead atoms. The van der Waals surface area contributed by atoms with Crippen LogP contribution in [0.2, 0.25) is 0 Å². The molecule has 2 N–H and O–H groups in total. The van der Waals surface area contributed by atoms with E-state index in [4.69, 9.17) is 10.2 Å². The quantitative estimate of drug-likeness (QED) is 0.552. The van der Waals surface area contributed by atoms with Crippen LogP contribution in [0.1, 0.15) is 26.7 Å². The van der Waals surface area contributed by atoms with E-state index in [1.54, 1.807) is 0 Å². The Morgan fingerprint density at radius 1 is 1.00 bits per heavy atom. The molecule has 58 valence electrons. The first-order valence-corrected chi connectivity index (χ1v) is 3.57. The molecular formula is C8H14O2. The van der Waals surface area contributed by atoms with Gasteiger partial charge in [-0.05, 0) is 12.8 Å². The summed E-state index contributed by atoms with van der Waals surface area (Å²) in [7, 11) is 0. The molecule has 0 radical (unpaired) electrons. The summed E-state index contributed by atoms with van der Waals surface area (Å²) in [6.45, 7) is 3.69. The van der Waals surface area contributed by atoms with Gasteiger partial charge < -0.3 is 10.2 Å². The second-order valence-electron chi connectivity index (χ2n) is 2.14. The second-order valence-corrected chi connectivity index (χ2v) is 2.14. The summed E-state index contributed by atoms with van der Waals surface area (Å²) in [5, 5.41) is 17.8. The average molecular weight is 142 g/mol. The Balaban J connectivity index is 3.66. The van der Waals surface area contributed by atoms with Crippen molar-refractivity contribution in [3.05, 3.63) is 0 Å². The van der Waals surface area contributed by atoms with Crippen molar-refractivity contribution in [2.45, 2.75) is 38.9 Å². The Morgan fingerprint density at radius 3 is 1.50 bits per heavy atom. The van der Waals surface area contributed by atoms with Gasteiger partial charge in [0, 0.05) is 0 Å². The van der Waals surface area contributed by atoms with E-state index in [0.29, 0.717) is 12.8 Å². The Kier molecular flexibility index (Phi) is 5.00. The number of hydrogen-bond acceptors (Lipinski definition) is 2. The minimum atomic E-state index is -0.582. The lowest BCUT2D eigenvalue weighted by atomic mass is 10.2. The van der Waals surface area contributed by atoms with Crippen molar-refractivity contribution in [3.63, 3.8) is 0 Å². The largest absolute Gasteiger partial charge is 0.380 e. The van der Waals surface area contributed by atoms with Crippen LogP contribution >= 0.6 is 0 Å². The Morgan fingerprint density at radius 2 is 1.30 bits per heavy atom. The van der Waals surface area contributed by atoms with Gasteiger partial charge >= 0.3 is 0 Å². The topological polar surface area (TPSA) is 40.5 Å². The summed E-state index contributed by atoms with van der Waals surface area (Å²) in [5.41, 5.74) is 0. The van der Waals surface area contributed by atoms with E-state index in [2.05, 4.69) is 11.8 Å². The molecule has 0 aliphatic heterocycles. The van der Waals surface area contributed by atoms with Gasteiger partial charge in [-0.25, -0.2) is 0 Å². The lowest BCUT2D eigenvalue weighted by Crippen LogP contribution is -2.04. The van der Waals surface area contributed by atoms with Gasteiger partial charge in [-0.1, -0.05) is 25.7 Å². The van der Waals surface area contributed by atoms with Crippen molar-refractivity contribution in [2.75, 3.05) is 0 Å². The van der Waals surface area contributed by atoms with Crippen LogP contribution in [-0.2, 0) is 0 Å². The molecule has 0 heterocycles. The van der Waals surface area contributed by atoms with E-state index in [1.807, 2.05) is 13.8 Å². The molecule has 0 aromatic carbocycles. The molecule has 2 unspecified atom stereocenters. The molecule has 2 nitrogen and oxygen atoms in total. The van der Waals surface area contributed by atoms with Crippen molar-refractivity contribution >= 4 is 0 Å². The van der Waals surface area contributed by atoms with E-state index in [-0.39, 0.29) is 0 Å². The van der Waals surface area contributed by atoms with Crippen molar-refractivity contribution in [1.82, 2.24) is 0 Å². The van der Waals surface area contributed by atoms with Crippen LogP contribution in [0.4, 0.5) is 0 Å². The molecule has 10 heavy (non-hydrogen) atoms. The fourth-order valence-corrected chi connectivity index (χ4v) is 0.397. The van der Waals surface area contributed by atoms with E-state index < -0.39 is 12.2 Å². The third-order valence-corrected chi connectivity index (χ3v) is 1.19. The molecular weight excluding hydrogens is 128 g/mol. The zero-order valence-corrected chi connectivity index (χ0v) is 6.46. The van der Waals surface area contributed by atoms with Gasteiger partial charge in [-0.15, -0.1) is 0 Å². The highest BCUT2D eigenvalue weighted by Gasteiger charge is 1.94. The van der Waals surface area contributed by atoms with Gasteiger partial charge in [0.25, 0.3) is 0 Å². The van der Waals surface area contributed by atoms with Crippen molar-refractivity contribution in [1.29, 1.82) is 0 Å². The number of rotatable bonds is 2. The molecule has 0 aromatic rings. The zero-order valence-electron chi connectivity index (χ0n) is 6.46. The smallest absolute Gasteiger partial charge is 0.114 e. The maximum absolute atomic E-state index is 8.92. The third kappa shape index (κ3) is 4.37. The second kappa shape index (κ2) is 5.28. The fraction of sp³-hybridized carbons (Fsp3) is 0.750. The summed E-state index contributed by atoms with van der Waals surface area (Å²) < 4.78 is 0. The number of hydrogen-bond donors (Lipinski definition) is 2. The van der Waals surface area contributed by atoms with E-state index in [9.17, 15) is 0 Å². The third-order valence-electron chi connectivity index (χ3n) is 1.19. The molecule has 0 aliphatic rings. The fourth-order valence-electron chi connectivity index (χ4n) is 0.397. The van der Waals surface area contributed by atoms with E-state index in [0.717, 1.165) is 0 Å². The van der Waals surface area contributed by atoms with Crippen molar-refractivity contribution < 1.29 is 10.2 Å². The molecule has 0 aliphatic carbocycles. The SMILES string of the molecule is CCC(O)C#CC(O)CC. The average Bonchev–Trinajstić information content (AvgIpc) is 1.99. The van der Waals surface area contributed by atoms with E-state index >= 15 is 0 Å². The van der Waals surface area contributed by atoms with Crippen LogP contribution in [-0.4, -0.2) is 22.4 Å². The highest BCUT2D eigenvalue weighted by Crippen LogP contribution is 1.89. The predicted molar refractivity (Wildman–Crippen MR) is 40.4 cm³/mol. The first-order valence-electron chi connectivity index (χ1n) is 3.57. The maximum atomic E-state index is 8.92. The molecule has 0 fully saturated rings. The lowest BCUT2D eigenvalue weighted by Gasteiger charge is -1.97. The van der Waals surface area contributed by atoms with Crippen LogP contribution in [0.5, 0.6) is 0 Å². The standard InChI is InChI=1S/C8H14O2/c1-3-7(9)5-6-8(10)4-2/h7-10H,3-4H2,1-2H3. The highest BCUT2D eigenvalue weighted by atomic mass is 16.3. The Hall–Kier alpha value is -0.520. The number of aliphatic hydroxyl groups is 2. The van der Waals surface area contributed by atoms with Crippen LogP contribution in [0, 0.1) is 11.8 Å². The minimum absolute atomic E-state index is 0.582. The van der Waals surface area contributed by atoms with Gasteiger partial charge in [0.1, 0.15) is 12.2 Å². The van der Waals surface area contributed by atoms with Crippen LogP contribution in [0.25, 0.3) is 0 Å². The monoisotopic (exact) mass is 142 g/mol. The summed E-state index contributed by atoms with van der Waals surface area (Å²) in [6, 6.07) is 0. The number of aliphatic hydroxyl groups excluding tert-OH is 2. The molecule has 0 rings (SSSR count). The van der Waals surface area contributed by atoms with Crippen LogP contribution < -0.4 is 0 Å². The lowest BCUT2D eigenvalue weighted by molar-refractivity contribution is 0.218. The molecule has 0 saturated carbocycles. The summed E-state index contributed by atoms with van der Waals surface area (Å²) in [4.78, 5) is 0. The first-order chi connectivity index (χ1) is 4.70. The Bertz CT molecular complexity index is 118. The van der Waals surface area contributed by atoms with Gasteiger partial charge in [0.15, 0.2) is 0 Å². The molecule has 0 spiro atoms. The van der Waals surface area contributed by atoms with Crippen LogP contribution in [0.3, 0.4) is 0 Å². The van der Waals surface area contributed by atoms with Gasteiger partial charge in [-0.3, -0.25) is 0 Å². The normalized spacial score (nSPS) is 15.2. The van der Waals surface area contributed by atoms with Gasteiger partial charge in [-0.2, -0.15) is 0 Å². The van der Waals surface area contributed by atoms with E-state index in [1.165, 1.54) is 0 Å². The zero-order chi connectivity index (χ0) is 7.98. The summed E-state index contributed by atoms with van der Waals surface area (Å²) in [5.74, 6) is 5.08. The van der Waals surface area contributed by atoms with Crippen LogP contribution in [0.15, 0.2) is 0 Å². The highest BCUT2D eigenvalue weighted by molar-refractivity contribution is 5.08. The van der Waals surface area contributed by atoms with Gasteiger partial charge in [0.2, 0.25) is 0 Å². The first kappa shape index (κ1) is 9.48. The predicted octanol–water partition coefficient (Wildman–Crippen LogP) is 0.532.